The Labute approximate surface area is 206 Å². The van der Waals surface area contributed by atoms with Crippen molar-refractivity contribution in [2.75, 3.05) is 11.9 Å². The van der Waals surface area contributed by atoms with Crippen LogP contribution in [-0.4, -0.2) is 38.7 Å². The zero-order valence-electron chi connectivity index (χ0n) is 20.8. The van der Waals surface area contributed by atoms with E-state index in [1.807, 2.05) is 42.5 Å². The molecule has 6 nitrogen and oxygen atoms in total. The maximum absolute atomic E-state index is 12.6. The smallest absolute Gasteiger partial charge is 0.315 e. The first-order valence-electron chi connectivity index (χ1n) is 12.3. The normalized spacial score (nSPS) is 14.3. The first-order valence-corrected chi connectivity index (χ1v) is 12.3. The fourth-order valence-corrected chi connectivity index (χ4v) is 5.13. The number of imidazole rings is 1. The summed E-state index contributed by atoms with van der Waals surface area (Å²) in [4.78, 5) is 24.5. The van der Waals surface area contributed by atoms with Crippen LogP contribution >= 0.6 is 0 Å². The van der Waals surface area contributed by atoms with Crippen molar-refractivity contribution in [3.05, 3.63) is 88.4 Å². The van der Waals surface area contributed by atoms with E-state index >= 15 is 0 Å². The summed E-state index contributed by atoms with van der Waals surface area (Å²) in [5.41, 5.74) is 6.91. The van der Waals surface area contributed by atoms with Gasteiger partial charge in [0.25, 0.3) is 0 Å². The number of benzene rings is 2. The lowest BCUT2D eigenvalue weighted by Crippen LogP contribution is -2.26. The minimum Gasteiger partial charge on any atom is -0.481 e. The number of hydrogen-bond donors (Lipinski definition) is 1. The summed E-state index contributed by atoms with van der Waals surface area (Å²) in [5.74, 6) is 0.168. The molecule has 1 saturated carbocycles. The predicted molar refractivity (Wildman–Crippen MR) is 138 cm³/mol. The van der Waals surface area contributed by atoms with Crippen molar-refractivity contribution in [3.63, 3.8) is 0 Å². The Morgan fingerprint density at radius 1 is 1.11 bits per heavy atom. The molecule has 1 atom stereocenters. The van der Waals surface area contributed by atoms with Crippen molar-refractivity contribution in [2.45, 2.75) is 58.5 Å². The Balaban J connectivity index is 1.67. The number of carboxylic acid groups (broad SMARTS) is 1. The third kappa shape index (κ3) is 4.29. The van der Waals surface area contributed by atoms with Gasteiger partial charge in [0.2, 0.25) is 0 Å². The summed E-state index contributed by atoms with van der Waals surface area (Å²) >= 11 is 0. The summed E-state index contributed by atoms with van der Waals surface area (Å²) in [7, 11) is 2.10. The van der Waals surface area contributed by atoms with Crippen LogP contribution in [0.2, 0.25) is 0 Å². The molecule has 1 N–H and O–H groups in total. The quantitative estimate of drug-likeness (QED) is 0.374. The highest BCUT2D eigenvalue weighted by Gasteiger charge is 2.33. The molecule has 0 spiro atoms. The van der Waals surface area contributed by atoms with Gasteiger partial charge in [0.15, 0.2) is 5.82 Å². The van der Waals surface area contributed by atoms with E-state index in [-0.39, 0.29) is 0 Å². The van der Waals surface area contributed by atoms with Gasteiger partial charge in [-0.2, -0.15) is 0 Å². The Hall–Kier alpha value is -3.67. The lowest BCUT2D eigenvalue weighted by molar-refractivity contribution is -0.137. The Morgan fingerprint density at radius 2 is 1.86 bits per heavy atom. The number of pyridine rings is 1. The van der Waals surface area contributed by atoms with Gasteiger partial charge >= 0.3 is 5.97 Å². The van der Waals surface area contributed by atoms with Crippen LogP contribution in [0.3, 0.4) is 0 Å². The highest BCUT2D eigenvalue weighted by molar-refractivity contribution is 5.84. The molecule has 2 aromatic carbocycles. The van der Waals surface area contributed by atoms with Crippen LogP contribution in [0.4, 0.5) is 5.69 Å². The van der Waals surface area contributed by atoms with E-state index in [1.165, 1.54) is 0 Å². The molecule has 1 fully saturated rings. The average molecular weight is 469 g/mol. The van der Waals surface area contributed by atoms with Gasteiger partial charge in [0.05, 0.1) is 6.54 Å². The number of aliphatic carboxylic acids is 1. The SMILES string of the molecule is CCc1nc2c(C)cc(C)n(Cc3cccc(C(C(=O)O)c4ccccc4)c3N(C)C3CC3)c-2n1. The van der Waals surface area contributed by atoms with Crippen molar-refractivity contribution in [1.82, 2.24) is 14.5 Å². The molecule has 0 aromatic heterocycles. The molecule has 2 aliphatic heterocycles. The van der Waals surface area contributed by atoms with Gasteiger partial charge in [-0.1, -0.05) is 55.5 Å². The molecule has 6 heteroatoms. The Kier molecular flexibility index (Phi) is 6.05. The molecule has 2 aromatic rings. The van der Waals surface area contributed by atoms with Crippen molar-refractivity contribution in [1.29, 1.82) is 0 Å². The van der Waals surface area contributed by atoms with Crippen LogP contribution in [0.25, 0.3) is 11.5 Å². The number of carbonyl (C=O) groups is 1. The molecule has 180 valence electrons. The van der Waals surface area contributed by atoms with Crippen LogP contribution in [0, 0.1) is 13.8 Å². The first kappa shape index (κ1) is 23.1. The lowest BCUT2D eigenvalue weighted by Gasteiger charge is -2.29. The minimum atomic E-state index is -0.838. The minimum absolute atomic E-state index is 0.440. The van der Waals surface area contributed by atoms with Crippen molar-refractivity contribution >= 4 is 11.7 Å². The monoisotopic (exact) mass is 468 g/mol. The molecule has 0 amide bonds. The number of fused-ring (bicyclic) bond motifs is 1. The lowest BCUT2D eigenvalue weighted by atomic mass is 9.88. The molecule has 0 bridgehead atoms. The number of rotatable bonds is 8. The van der Waals surface area contributed by atoms with E-state index in [9.17, 15) is 9.90 Å². The van der Waals surface area contributed by atoms with Gasteiger partial charge in [-0.15, -0.1) is 0 Å². The number of anilines is 1. The topological polar surface area (TPSA) is 71.2 Å². The van der Waals surface area contributed by atoms with Gasteiger partial charge in [-0.25, -0.2) is 9.97 Å². The third-order valence-electron chi connectivity index (χ3n) is 7.10. The third-order valence-corrected chi connectivity index (χ3v) is 7.10. The average Bonchev–Trinajstić information content (AvgIpc) is 3.60. The first-order chi connectivity index (χ1) is 16.9. The number of aromatic nitrogens is 3. The Bertz CT molecular complexity index is 1340. The molecule has 35 heavy (non-hydrogen) atoms. The van der Waals surface area contributed by atoms with Crippen molar-refractivity contribution < 1.29 is 9.90 Å². The van der Waals surface area contributed by atoms with E-state index in [0.717, 1.165) is 70.2 Å². The van der Waals surface area contributed by atoms with E-state index in [4.69, 9.17) is 9.97 Å². The summed E-state index contributed by atoms with van der Waals surface area (Å²) in [6.45, 7) is 6.86. The molecule has 0 saturated heterocycles. The second kappa shape index (κ2) is 9.17. The molecule has 3 aliphatic rings. The summed E-state index contributed by atoms with van der Waals surface area (Å²) < 4.78 is 2.22. The van der Waals surface area contributed by atoms with Crippen molar-refractivity contribution in [3.8, 4) is 11.5 Å². The number of para-hydroxylation sites is 1. The highest BCUT2D eigenvalue weighted by atomic mass is 16.4. The summed E-state index contributed by atoms with van der Waals surface area (Å²) in [6, 6.07) is 18.2. The standard InChI is InChI=1S/C29H32N4O2/c1-5-24-30-26-18(2)16-19(3)33(28(26)31-24)17-21-12-9-13-23(27(21)32(4)22-14-15-22)25(29(34)35)20-10-7-6-8-11-20/h6-13,16,22,25H,5,14-15,17H2,1-4H3,(H,34,35). The predicted octanol–water partition coefficient (Wildman–Crippen LogP) is 5.43. The van der Waals surface area contributed by atoms with Crippen molar-refractivity contribution in [2.24, 2.45) is 0 Å². The molecular formula is C29H32N4O2. The van der Waals surface area contributed by atoms with Gasteiger partial charge in [0, 0.05) is 30.9 Å². The molecule has 2 heterocycles. The number of nitrogens with zero attached hydrogens (tertiary/aromatic N) is 4. The molecular weight excluding hydrogens is 436 g/mol. The fourth-order valence-electron chi connectivity index (χ4n) is 5.13. The van der Waals surface area contributed by atoms with Crippen LogP contribution in [0.1, 0.15) is 59.5 Å². The highest BCUT2D eigenvalue weighted by Crippen LogP contribution is 2.40. The van der Waals surface area contributed by atoms with Gasteiger partial charge in [-0.3, -0.25) is 4.79 Å². The second-order valence-corrected chi connectivity index (χ2v) is 9.60. The molecule has 0 radical (unpaired) electrons. The fraction of sp³-hybridized carbons (Fsp3) is 0.345. The van der Waals surface area contributed by atoms with Gasteiger partial charge < -0.3 is 14.6 Å². The van der Waals surface area contributed by atoms with E-state index in [0.29, 0.717) is 12.6 Å². The zero-order valence-corrected chi connectivity index (χ0v) is 20.8. The van der Waals surface area contributed by atoms with E-state index in [1.54, 1.807) is 0 Å². The number of carboxylic acids is 1. The summed E-state index contributed by atoms with van der Waals surface area (Å²) in [6.07, 6.45) is 3.04. The molecule has 1 aliphatic carbocycles. The summed E-state index contributed by atoms with van der Waals surface area (Å²) in [5, 5.41) is 10.3. The van der Waals surface area contributed by atoms with Crippen LogP contribution in [0.5, 0.6) is 0 Å². The van der Waals surface area contributed by atoms with E-state index < -0.39 is 11.9 Å². The van der Waals surface area contributed by atoms with Crippen LogP contribution < -0.4 is 4.90 Å². The van der Waals surface area contributed by atoms with Gasteiger partial charge in [-0.05, 0) is 55.0 Å². The van der Waals surface area contributed by atoms with E-state index in [2.05, 4.69) is 49.4 Å². The second-order valence-electron chi connectivity index (χ2n) is 9.60. The number of aryl methyl sites for hydroxylation is 3. The molecule has 1 unspecified atom stereocenters. The van der Waals surface area contributed by atoms with Gasteiger partial charge in [0.1, 0.15) is 17.4 Å². The zero-order chi connectivity index (χ0) is 24.7. The number of hydrogen-bond acceptors (Lipinski definition) is 4. The molecule has 5 rings (SSSR count). The maximum Gasteiger partial charge on any atom is 0.315 e. The largest absolute Gasteiger partial charge is 0.481 e. The van der Waals surface area contributed by atoms with Crippen LogP contribution in [-0.2, 0) is 17.8 Å². The Morgan fingerprint density at radius 3 is 2.51 bits per heavy atom. The van der Waals surface area contributed by atoms with Crippen LogP contribution in [0.15, 0.2) is 54.6 Å². The maximum atomic E-state index is 12.6.